The molecule has 0 saturated carbocycles. The van der Waals surface area contributed by atoms with Crippen LogP contribution in [0.25, 0.3) is 59.9 Å². The number of hydrogen-bond acceptors (Lipinski definition) is 2. The van der Waals surface area contributed by atoms with Crippen LogP contribution in [-0.2, 0) is 6.54 Å². The summed E-state index contributed by atoms with van der Waals surface area (Å²) in [4.78, 5) is 0. The summed E-state index contributed by atoms with van der Waals surface area (Å²) in [5, 5.41) is 23.0. The maximum Gasteiger partial charge on any atom is 0.308 e. The first kappa shape index (κ1) is 16.6. The van der Waals surface area contributed by atoms with Crippen LogP contribution in [0.4, 0.5) is 0 Å². The minimum absolute atomic E-state index is 0.450. The molecule has 0 saturated heterocycles. The van der Waals surface area contributed by atoms with Gasteiger partial charge in [0.15, 0.2) is 5.52 Å². The van der Waals surface area contributed by atoms with E-state index in [9.17, 15) is 5.26 Å². The number of fused-ring (bicyclic) bond motifs is 5. The lowest BCUT2D eigenvalue weighted by Crippen LogP contribution is -2.32. The fourth-order valence-electron chi connectivity index (χ4n) is 5.22. The third-order valence-electron chi connectivity index (χ3n) is 6.50. The molecule has 0 bridgehead atoms. The van der Waals surface area contributed by atoms with Crippen molar-refractivity contribution >= 4 is 59.9 Å². The van der Waals surface area contributed by atoms with E-state index in [0.29, 0.717) is 13.0 Å². The molecule has 0 unspecified atom stereocenters. The Morgan fingerprint density at radius 3 is 2.32 bits per heavy atom. The van der Waals surface area contributed by atoms with Gasteiger partial charge in [-0.2, -0.15) is 5.26 Å². The van der Waals surface area contributed by atoms with E-state index in [2.05, 4.69) is 94.0 Å². The van der Waals surface area contributed by atoms with E-state index in [1.807, 2.05) is 0 Å². The summed E-state index contributed by atoms with van der Waals surface area (Å²) in [6.07, 6.45) is 0.450. The zero-order chi connectivity index (χ0) is 20.5. The third-order valence-corrected chi connectivity index (χ3v) is 6.50. The van der Waals surface area contributed by atoms with E-state index in [1.54, 1.807) is 0 Å². The van der Waals surface area contributed by atoms with E-state index in [4.69, 9.17) is 5.10 Å². The largest absolute Gasteiger partial charge is 0.308 e. The van der Waals surface area contributed by atoms with Gasteiger partial charge in [-0.25, -0.2) is 4.57 Å². The van der Waals surface area contributed by atoms with Gasteiger partial charge in [0.1, 0.15) is 17.6 Å². The second-order valence-electron chi connectivity index (χ2n) is 8.10. The molecule has 5 aromatic carbocycles. The molecule has 7 aromatic rings. The number of nitrogens with zero attached hydrogens (tertiary/aromatic N) is 4. The average Bonchev–Trinajstić information content (AvgIpc) is 3.13. The van der Waals surface area contributed by atoms with Gasteiger partial charge < -0.3 is 0 Å². The molecule has 0 spiro atoms. The molecule has 0 aliphatic rings. The molecule has 4 nitrogen and oxygen atoms in total. The van der Waals surface area contributed by atoms with Crippen molar-refractivity contribution in [1.82, 2.24) is 9.67 Å². The number of aromatic nitrogens is 3. The Balaban J connectivity index is 1.78. The summed E-state index contributed by atoms with van der Waals surface area (Å²) in [5.74, 6) is 0. The van der Waals surface area contributed by atoms with Gasteiger partial charge in [-0.05, 0) is 33.7 Å². The molecule has 0 radical (unpaired) electrons. The molecule has 31 heavy (non-hydrogen) atoms. The zero-order valence-corrected chi connectivity index (χ0v) is 16.7. The maximum absolute atomic E-state index is 9.31. The molecule has 2 heterocycles. The van der Waals surface area contributed by atoms with Crippen molar-refractivity contribution in [3.8, 4) is 6.07 Å². The van der Waals surface area contributed by atoms with Crippen LogP contribution in [0.15, 0.2) is 78.9 Å². The number of aryl methyl sites for hydroxylation is 1. The highest BCUT2D eigenvalue weighted by molar-refractivity contribution is 6.29. The van der Waals surface area contributed by atoms with Crippen molar-refractivity contribution in [1.29, 1.82) is 5.26 Å². The summed E-state index contributed by atoms with van der Waals surface area (Å²) < 4.78 is 4.31. The molecule has 0 aliphatic carbocycles. The maximum atomic E-state index is 9.31. The van der Waals surface area contributed by atoms with Crippen LogP contribution in [0.2, 0.25) is 0 Å². The van der Waals surface area contributed by atoms with E-state index in [0.717, 1.165) is 27.6 Å². The zero-order valence-electron chi connectivity index (χ0n) is 16.7. The van der Waals surface area contributed by atoms with Crippen LogP contribution >= 0.6 is 0 Å². The predicted octanol–water partition coefficient (Wildman–Crippen LogP) is 5.74. The van der Waals surface area contributed by atoms with Crippen molar-refractivity contribution in [2.45, 2.75) is 13.0 Å². The van der Waals surface area contributed by atoms with Gasteiger partial charge in [0, 0.05) is 16.8 Å². The first-order valence-corrected chi connectivity index (χ1v) is 10.5. The molecular formula is C27H17N4+. The van der Waals surface area contributed by atoms with Gasteiger partial charge >= 0.3 is 5.65 Å². The van der Waals surface area contributed by atoms with Gasteiger partial charge in [0.25, 0.3) is 0 Å². The minimum Gasteiger partial charge on any atom is -0.224 e. The Morgan fingerprint density at radius 1 is 0.806 bits per heavy atom. The Morgan fingerprint density at radius 2 is 1.52 bits per heavy atom. The molecular weight excluding hydrogens is 380 g/mol. The van der Waals surface area contributed by atoms with E-state index in [-0.39, 0.29) is 0 Å². The number of benzene rings is 4. The average molecular weight is 397 g/mol. The summed E-state index contributed by atoms with van der Waals surface area (Å²) in [6, 6.07) is 30.2. The van der Waals surface area contributed by atoms with Crippen molar-refractivity contribution < 1.29 is 4.52 Å². The first-order valence-electron chi connectivity index (χ1n) is 10.5. The van der Waals surface area contributed by atoms with Crippen molar-refractivity contribution in [2.75, 3.05) is 0 Å². The molecule has 144 valence electrons. The Bertz CT molecular complexity index is 1840. The molecule has 0 aliphatic heterocycles. The molecule has 4 heteroatoms. The third kappa shape index (κ3) is 2.07. The molecule has 2 aromatic heterocycles. The van der Waals surface area contributed by atoms with E-state index < -0.39 is 0 Å². The normalized spacial score (nSPS) is 12.1. The molecule has 7 rings (SSSR count). The minimum atomic E-state index is 0.450. The van der Waals surface area contributed by atoms with Gasteiger partial charge in [-0.15, -0.1) is 0 Å². The van der Waals surface area contributed by atoms with Gasteiger partial charge in [-0.3, -0.25) is 0 Å². The SMILES string of the molecule is N#CCCn1c2cccc3cccc(c32)[n+]2nc3c(cc12)c1cccc2cccc3c21. The van der Waals surface area contributed by atoms with Crippen molar-refractivity contribution in [3.05, 3.63) is 78.9 Å². The lowest BCUT2D eigenvalue weighted by molar-refractivity contribution is -0.553. The van der Waals surface area contributed by atoms with Crippen LogP contribution in [-0.4, -0.2) is 9.67 Å². The highest BCUT2D eigenvalue weighted by Crippen LogP contribution is 2.37. The monoisotopic (exact) mass is 397 g/mol. The first-order chi connectivity index (χ1) is 15.3. The summed E-state index contributed by atoms with van der Waals surface area (Å²) in [6.45, 7) is 0.627. The van der Waals surface area contributed by atoms with Gasteiger partial charge in [0.05, 0.1) is 17.9 Å². The summed E-state index contributed by atoms with van der Waals surface area (Å²) in [5.41, 5.74) is 4.25. The number of hydrogen-bond donors (Lipinski definition) is 0. The van der Waals surface area contributed by atoms with Crippen LogP contribution < -0.4 is 4.52 Å². The van der Waals surface area contributed by atoms with Crippen LogP contribution in [0.1, 0.15) is 6.42 Å². The second kappa shape index (κ2) is 5.90. The number of rotatable bonds is 2. The number of nitriles is 1. The van der Waals surface area contributed by atoms with E-state index in [1.165, 1.54) is 32.3 Å². The van der Waals surface area contributed by atoms with E-state index >= 15 is 0 Å². The molecule has 0 N–H and O–H groups in total. The fourth-order valence-corrected chi connectivity index (χ4v) is 5.22. The highest BCUT2D eigenvalue weighted by atomic mass is 15.3. The smallest absolute Gasteiger partial charge is 0.224 e. The van der Waals surface area contributed by atoms with Crippen molar-refractivity contribution in [3.63, 3.8) is 0 Å². The Hall–Kier alpha value is -4.23. The molecule has 0 atom stereocenters. The van der Waals surface area contributed by atoms with Crippen LogP contribution in [0, 0.1) is 11.3 Å². The predicted molar refractivity (Wildman–Crippen MR) is 124 cm³/mol. The van der Waals surface area contributed by atoms with Gasteiger partial charge in [-0.1, -0.05) is 70.3 Å². The van der Waals surface area contributed by atoms with Crippen LogP contribution in [0.5, 0.6) is 0 Å². The Kier molecular flexibility index (Phi) is 3.15. The second-order valence-corrected chi connectivity index (χ2v) is 8.10. The molecule has 0 fully saturated rings. The quantitative estimate of drug-likeness (QED) is 0.212. The standard InChI is InChI=1S/C27H17N4/c28-14-5-15-30-22-12-3-8-18-9-4-13-23(26(18)22)31-24(30)16-21-19-10-1-6-17-7-2-11-20(25(17)19)27(21)29-31/h1-4,6-13,16H,5,15H2/q+1. The van der Waals surface area contributed by atoms with Gasteiger partial charge in [0.2, 0.25) is 0 Å². The van der Waals surface area contributed by atoms with Crippen molar-refractivity contribution in [2.24, 2.45) is 0 Å². The molecule has 0 amide bonds. The topological polar surface area (TPSA) is 45.7 Å². The lowest BCUT2D eigenvalue weighted by atomic mass is 10.1. The lowest BCUT2D eigenvalue weighted by Gasteiger charge is -2.10. The fraction of sp³-hybridized carbons (Fsp3) is 0.0741. The Labute approximate surface area is 177 Å². The van der Waals surface area contributed by atoms with Crippen LogP contribution in [0.3, 0.4) is 0 Å². The highest BCUT2D eigenvalue weighted by Gasteiger charge is 2.23. The summed E-state index contributed by atoms with van der Waals surface area (Å²) >= 11 is 0. The summed E-state index contributed by atoms with van der Waals surface area (Å²) in [7, 11) is 0.